The average Bonchev–Trinajstić information content (AvgIpc) is 2.32. The molecule has 2 aromatic rings. The van der Waals surface area contributed by atoms with Gasteiger partial charge in [-0.2, -0.15) is 0 Å². The zero-order valence-corrected chi connectivity index (χ0v) is 12.4. The van der Waals surface area contributed by atoms with E-state index in [-0.39, 0.29) is 17.1 Å². The van der Waals surface area contributed by atoms with Crippen LogP contribution >= 0.6 is 15.9 Å². The third-order valence-electron chi connectivity index (χ3n) is 2.46. The lowest BCUT2D eigenvalue weighted by molar-refractivity contribution is 0.475. The van der Waals surface area contributed by atoms with Crippen molar-refractivity contribution in [3.63, 3.8) is 0 Å². The number of hydrogen-bond acceptors (Lipinski definition) is 4. The Bertz CT molecular complexity index is 765. The number of hydrogen-bond donors (Lipinski definition) is 3. The van der Waals surface area contributed by atoms with Gasteiger partial charge in [-0.15, -0.1) is 0 Å². The fourth-order valence-corrected chi connectivity index (χ4v) is 3.02. The Morgan fingerprint density at radius 2 is 1.90 bits per heavy atom. The highest BCUT2D eigenvalue weighted by Crippen LogP contribution is 2.27. The van der Waals surface area contributed by atoms with Crippen molar-refractivity contribution < 1.29 is 17.9 Å². The topological polar surface area (TPSA) is 92.4 Å². The number of phenols is 1. The summed E-state index contributed by atoms with van der Waals surface area (Å²) in [7, 11) is -4.10. The fourth-order valence-electron chi connectivity index (χ4n) is 1.54. The van der Waals surface area contributed by atoms with Crippen molar-refractivity contribution in [3.05, 3.63) is 46.7 Å². The van der Waals surface area contributed by atoms with E-state index in [1.165, 1.54) is 24.3 Å². The molecular weight excluding hydrogens is 351 g/mol. The quantitative estimate of drug-likeness (QED) is 0.579. The first-order chi connectivity index (χ1) is 9.29. The van der Waals surface area contributed by atoms with Gasteiger partial charge in [0.2, 0.25) is 0 Å². The first-order valence-corrected chi connectivity index (χ1v) is 7.63. The number of nitrogens with two attached hydrogens (primary N) is 1. The monoisotopic (exact) mass is 360 g/mol. The molecule has 0 radical (unpaired) electrons. The van der Waals surface area contributed by atoms with Crippen LogP contribution in [0.25, 0.3) is 0 Å². The van der Waals surface area contributed by atoms with Crippen LogP contribution in [-0.4, -0.2) is 13.5 Å². The molecule has 0 amide bonds. The predicted octanol–water partition coefficient (Wildman–Crippen LogP) is 2.68. The SMILES string of the molecule is Nc1cc(O)ccc1NS(=O)(=O)c1ccc(Br)cc1F. The van der Waals surface area contributed by atoms with Gasteiger partial charge >= 0.3 is 0 Å². The molecule has 0 aromatic heterocycles. The van der Waals surface area contributed by atoms with Gasteiger partial charge in [-0.1, -0.05) is 15.9 Å². The minimum Gasteiger partial charge on any atom is -0.508 e. The zero-order chi connectivity index (χ0) is 14.9. The Morgan fingerprint density at radius 1 is 1.20 bits per heavy atom. The number of halogens is 2. The number of phenolic OH excluding ortho intramolecular Hbond substituents is 1. The highest BCUT2D eigenvalue weighted by Gasteiger charge is 2.20. The van der Waals surface area contributed by atoms with Crippen molar-refractivity contribution in [2.75, 3.05) is 10.5 Å². The maximum absolute atomic E-state index is 13.7. The number of anilines is 2. The maximum atomic E-state index is 13.7. The van der Waals surface area contributed by atoms with E-state index in [9.17, 15) is 17.9 Å². The van der Waals surface area contributed by atoms with Crippen LogP contribution in [0.3, 0.4) is 0 Å². The van der Waals surface area contributed by atoms with Crippen molar-refractivity contribution in [3.8, 4) is 5.75 Å². The van der Waals surface area contributed by atoms with Gasteiger partial charge in [0, 0.05) is 10.5 Å². The smallest absolute Gasteiger partial charge is 0.264 e. The molecule has 0 heterocycles. The normalized spacial score (nSPS) is 11.3. The number of nitrogen functional groups attached to an aromatic ring is 1. The van der Waals surface area contributed by atoms with Crippen molar-refractivity contribution in [2.45, 2.75) is 4.90 Å². The standard InChI is InChI=1S/C12H10BrFN2O3S/c13-7-1-4-12(9(14)5-7)20(18,19)16-11-3-2-8(17)6-10(11)15/h1-6,16-17H,15H2. The van der Waals surface area contributed by atoms with Gasteiger partial charge < -0.3 is 10.8 Å². The van der Waals surface area contributed by atoms with E-state index in [2.05, 4.69) is 20.7 Å². The van der Waals surface area contributed by atoms with Gasteiger partial charge in [0.15, 0.2) is 0 Å². The van der Waals surface area contributed by atoms with Gasteiger partial charge in [-0.05, 0) is 30.3 Å². The summed E-state index contributed by atoms with van der Waals surface area (Å²) in [4.78, 5) is -0.492. The number of sulfonamides is 1. The molecule has 0 aliphatic heterocycles. The maximum Gasteiger partial charge on any atom is 0.264 e. The number of nitrogens with one attached hydrogen (secondary N) is 1. The molecule has 2 rings (SSSR count). The summed E-state index contributed by atoms with van der Waals surface area (Å²) >= 11 is 3.05. The molecule has 20 heavy (non-hydrogen) atoms. The second-order valence-electron chi connectivity index (χ2n) is 3.95. The van der Waals surface area contributed by atoms with Crippen LogP contribution in [0.5, 0.6) is 5.75 Å². The first kappa shape index (κ1) is 14.6. The van der Waals surface area contributed by atoms with Gasteiger partial charge in [-0.3, -0.25) is 4.72 Å². The largest absolute Gasteiger partial charge is 0.508 e. The zero-order valence-electron chi connectivity index (χ0n) is 9.97. The van der Waals surface area contributed by atoms with E-state index in [1.54, 1.807) is 0 Å². The van der Waals surface area contributed by atoms with Crippen molar-refractivity contribution in [2.24, 2.45) is 0 Å². The van der Waals surface area contributed by atoms with Crippen molar-refractivity contribution in [1.82, 2.24) is 0 Å². The highest BCUT2D eigenvalue weighted by molar-refractivity contribution is 9.10. The van der Waals surface area contributed by atoms with Gasteiger partial charge in [0.1, 0.15) is 16.5 Å². The van der Waals surface area contributed by atoms with Gasteiger partial charge in [-0.25, -0.2) is 12.8 Å². The molecule has 0 saturated heterocycles. The van der Waals surface area contributed by atoms with Crippen LogP contribution < -0.4 is 10.5 Å². The Morgan fingerprint density at radius 3 is 2.50 bits per heavy atom. The van der Waals surface area contributed by atoms with E-state index < -0.39 is 20.7 Å². The molecule has 0 spiro atoms. The Labute approximate surface area is 123 Å². The Balaban J connectivity index is 2.41. The lowest BCUT2D eigenvalue weighted by Crippen LogP contribution is -2.15. The molecule has 0 aliphatic rings. The fraction of sp³-hybridized carbons (Fsp3) is 0. The van der Waals surface area contributed by atoms with E-state index in [0.717, 1.165) is 12.1 Å². The van der Waals surface area contributed by atoms with E-state index in [0.29, 0.717) is 4.47 Å². The number of aromatic hydroxyl groups is 1. The molecule has 4 N–H and O–H groups in total. The Kier molecular flexibility index (Phi) is 3.87. The van der Waals surface area contributed by atoms with Crippen molar-refractivity contribution in [1.29, 1.82) is 0 Å². The molecule has 0 bridgehead atoms. The molecule has 106 valence electrons. The second kappa shape index (κ2) is 5.29. The lowest BCUT2D eigenvalue weighted by Gasteiger charge is -2.11. The number of benzene rings is 2. The summed E-state index contributed by atoms with van der Waals surface area (Å²) < 4.78 is 40.5. The van der Waals surface area contributed by atoms with Crippen LogP contribution in [0.1, 0.15) is 0 Å². The minimum atomic E-state index is -4.10. The molecule has 0 unspecified atom stereocenters. The van der Waals surface area contributed by atoms with Crippen LogP contribution in [0.2, 0.25) is 0 Å². The molecule has 0 saturated carbocycles. The van der Waals surface area contributed by atoms with Crippen molar-refractivity contribution >= 4 is 37.3 Å². The summed E-state index contributed by atoms with van der Waals surface area (Å²) in [6, 6.07) is 7.35. The molecule has 0 fully saturated rings. The van der Waals surface area contributed by atoms with E-state index in [1.807, 2.05) is 0 Å². The third kappa shape index (κ3) is 3.02. The van der Waals surface area contributed by atoms with Gasteiger partial charge in [0.05, 0.1) is 11.4 Å². The summed E-state index contributed by atoms with van der Waals surface area (Å²) in [5, 5.41) is 9.21. The van der Waals surface area contributed by atoms with E-state index >= 15 is 0 Å². The van der Waals surface area contributed by atoms with Crippen LogP contribution in [0, 0.1) is 5.82 Å². The summed E-state index contributed by atoms with van der Waals surface area (Å²) in [6.07, 6.45) is 0. The molecule has 5 nitrogen and oxygen atoms in total. The lowest BCUT2D eigenvalue weighted by atomic mass is 10.2. The molecule has 0 atom stereocenters. The highest BCUT2D eigenvalue weighted by atomic mass is 79.9. The first-order valence-electron chi connectivity index (χ1n) is 5.36. The third-order valence-corrected chi connectivity index (χ3v) is 4.35. The summed E-state index contributed by atoms with van der Waals surface area (Å²) in [6.45, 7) is 0. The molecule has 0 aliphatic carbocycles. The number of rotatable bonds is 3. The van der Waals surface area contributed by atoms with Crippen LogP contribution in [-0.2, 0) is 10.0 Å². The second-order valence-corrected chi connectivity index (χ2v) is 6.52. The Hall–Kier alpha value is -1.80. The minimum absolute atomic E-state index is 0.0334. The van der Waals surface area contributed by atoms with Crippen LogP contribution in [0.15, 0.2) is 45.8 Å². The van der Waals surface area contributed by atoms with Gasteiger partial charge in [0.25, 0.3) is 10.0 Å². The molecule has 8 heteroatoms. The van der Waals surface area contributed by atoms with E-state index in [4.69, 9.17) is 5.73 Å². The van der Waals surface area contributed by atoms with Crippen LogP contribution in [0.4, 0.5) is 15.8 Å². The predicted molar refractivity (Wildman–Crippen MR) is 77.4 cm³/mol. The molecular formula is C12H10BrFN2O3S. The molecule has 2 aromatic carbocycles. The summed E-state index contributed by atoms with van der Waals surface area (Å²) in [5.74, 6) is -0.982. The summed E-state index contributed by atoms with van der Waals surface area (Å²) in [5.41, 5.74) is 5.67. The average molecular weight is 361 g/mol.